The maximum Gasteiger partial charge on any atom is 0.214 e. The molecule has 0 aliphatic carbocycles. The molecule has 2 aliphatic heterocycles. The first-order valence-corrected chi connectivity index (χ1v) is 9.55. The average molecular weight is 362 g/mol. The predicted molar refractivity (Wildman–Crippen MR) is 103 cm³/mol. The fourth-order valence-electron chi connectivity index (χ4n) is 3.63. The number of fused-ring (bicyclic) bond motifs is 3. The average Bonchev–Trinajstić information content (AvgIpc) is 3.37. The van der Waals surface area contributed by atoms with Crippen LogP contribution < -0.4 is 9.47 Å². The number of nitrogens with zero attached hydrogens (tertiary/aromatic N) is 2. The number of thiophene rings is 1. The highest BCUT2D eigenvalue weighted by atomic mass is 32.1. The van der Waals surface area contributed by atoms with Crippen molar-refractivity contribution in [2.75, 3.05) is 7.11 Å². The number of ether oxygens (including phenoxy) is 2. The Labute approximate surface area is 156 Å². The Kier molecular flexibility index (Phi) is 3.68. The highest BCUT2D eigenvalue weighted by Crippen LogP contribution is 2.47. The van der Waals surface area contributed by atoms with E-state index in [9.17, 15) is 0 Å². The second-order valence-corrected chi connectivity index (χ2v) is 7.22. The van der Waals surface area contributed by atoms with Crippen LogP contribution in [0.4, 0.5) is 0 Å². The number of benzene rings is 2. The van der Waals surface area contributed by atoms with E-state index >= 15 is 0 Å². The number of hydrogen-bond acceptors (Lipinski definition) is 5. The van der Waals surface area contributed by atoms with Crippen molar-refractivity contribution in [3.8, 4) is 11.5 Å². The molecule has 130 valence electrons. The number of methoxy groups -OCH3 is 1. The van der Waals surface area contributed by atoms with E-state index in [2.05, 4.69) is 52.2 Å². The smallest absolute Gasteiger partial charge is 0.214 e. The van der Waals surface area contributed by atoms with Crippen molar-refractivity contribution in [3.05, 3.63) is 82.0 Å². The molecule has 26 heavy (non-hydrogen) atoms. The van der Waals surface area contributed by atoms with E-state index < -0.39 is 0 Å². The molecule has 0 amide bonds. The highest BCUT2D eigenvalue weighted by Gasteiger charge is 2.40. The molecule has 5 heteroatoms. The minimum Gasteiger partial charge on any atom is -0.497 e. The summed E-state index contributed by atoms with van der Waals surface area (Å²) in [5, 5.41) is 11.3. The monoisotopic (exact) mass is 362 g/mol. The minimum atomic E-state index is -0.183. The van der Waals surface area contributed by atoms with Gasteiger partial charge in [0.15, 0.2) is 0 Å². The maximum atomic E-state index is 6.32. The standard InChI is InChI=1S/C21H18N2O2S/c1-24-16-8-6-14(7-9-16)18-12-19-17-4-2-3-5-20(17)25-21(23(19)22-18)15-10-11-26-13-15/h2-11,13,19,21H,12H2,1H3/t19-,21-/m1/s1. The molecule has 2 atom stereocenters. The van der Waals surface area contributed by atoms with Gasteiger partial charge in [0.2, 0.25) is 6.23 Å². The van der Waals surface area contributed by atoms with Gasteiger partial charge >= 0.3 is 0 Å². The maximum absolute atomic E-state index is 6.32. The van der Waals surface area contributed by atoms with E-state index in [1.165, 1.54) is 5.56 Å². The molecule has 0 fully saturated rings. The summed E-state index contributed by atoms with van der Waals surface area (Å²) in [5.41, 5.74) is 4.56. The van der Waals surface area contributed by atoms with Crippen LogP contribution in [0, 0.1) is 0 Å². The van der Waals surface area contributed by atoms with Gasteiger partial charge < -0.3 is 9.47 Å². The van der Waals surface area contributed by atoms with Crippen molar-refractivity contribution in [3.63, 3.8) is 0 Å². The van der Waals surface area contributed by atoms with E-state index in [0.717, 1.165) is 34.8 Å². The van der Waals surface area contributed by atoms with Gasteiger partial charge in [0, 0.05) is 17.5 Å². The summed E-state index contributed by atoms with van der Waals surface area (Å²) in [7, 11) is 1.68. The first-order valence-electron chi connectivity index (χ1n) is 8.61. The molecule has 0 saturated carbocycles. The van der Waals surface area contributed by atoms with Gasteiger partial charge in [-0.05, 0) is 52.7 Å². The summed E-state index contributed by atoms with van der Waals surface area (Å²) in [6.07, 6.45) is 0.685. The van der Waals surface area contributed by atoms with Gasteiger partial charge in [-0.15, -0.1) is 0 Å². The number of hydrazone groups is 1. The van der Waals surface area contributed by atoms with Crippen molar-refractivity contribution in [1.29, 1.82) is 0 Å². The molecule has 0 spiro atoms. The summed E-state index contributed by atoms with van der Waals surface area (Å²) < 4.78 is 11.6. The fourth-order valence-corrected chi connectivity index (χ4v) is 4.29. The third-order valence-electron chi connectivity index (χ3n) is 4.95. The fraction of sp³-hybridized carbons (Fsp3) is 0.190. The van der Waals surface area contributed by atoms with Crippen LogP contribution in [-0.2, 0) is 0 Å². The molecule has 2 aliphatic rings. The molecule has 3 heterocycles. The second kappa shape index (κ2) is 6.18. The first-order chi connectivity index (χ1) is 12.8. The van der Waals surface area contributed by atoms with E-state index in [-0.39, 0.29) is 12.3 Å². The SMILES string of the molecule is COc1ccc(C2=NN3[C@H](C2)c2ccccc2O[C@@H]3c2ccsc2)cc1. The van der Waals surface area contributed by atoms with Gasteiger partial charge in [0.25, 0.3) is 0 Å². The van der Waals surface area contributed by atoms with Crippen molar-refractivity contribution < 1.29 is 9.47 Å². The van der Waals surface area contributed by atoms with Gasteiger partial charge in [-0.25, -0.2) is 5.01 Å². The molecule has 0 N–H and O–H groups in total. The molecule has 1 aromatic heterocycles. The molecular weight excluding hydrogens is 344 g/mol. The van der Waals surface area contributed by atoms with E-state index in [0.29, 0.717) is 0 Å². The van der Waals surface area contributed by atoms with Gasteiger partial charge in [0.1, 0.15) is 11.5 Å². The number of para-hydroxylation sites is 1. The zero-order valence-electron chi connectivity index (χ0n) is 14.3. The van der Waals surface area contributed by atoms with Crippen molar-refractivity contribution in [2.45, 2.75) is 18.7 Å². The van der Waals surface area contributed by atoms with Gasteiger partial charge in [-0.2, -0.15) is 16.4 Å². The zero-order chi connectivity index (χ0) is 17.5. The van der Waals surface area contributed by atoms with Crippen LogP contribution >= 0.6 is 11.3 Å². The summed E-state index contributed by atoms with van der Waals surface area (Å²) in [6.45, 7) is 0. The molecule has 3 aromatic rings. The topological polar surface area (TPSA) is 34.1 Å². The summed E-state index contributed by atoms with van der Waals surface area (Å²) in [5.74, 6) is 1.81. The minimum absolute atomic E-state index is 0.183. The Bertz CT molecular complexity index is 950. The van der Waals surface area contributed by atoms with Crippen LogP contribution in [0.2, 0.25) is 0 Å². The van der Waals surface area contributed by atoms with E-state index in [4.69, 9.17) is 14.6 Å². The molecule has 2 aromatic carbocycles. The van der Waals surface area contributed by atoms with Crippen LogP contribution in [0.3, 0.4) is 0 Å². The molecule has 0 unspecified atom stereocenters. The molecule has 0 radical (unpaired) electrons. The highest BCUT2D eigenvalue weighted by molar-refractivity contribution is 7.07. The van der Waals surface area contributed by atoms with Gasteiger partial charge in [0.05, 0.1) is 18.9 Å². The Morgan fingerprint density at radius 2 is 1.96 bits per heavy atom. The zero-order valence-corrected chi connectivity index (χ0v) is 15.1. The number of rotatable bonds is 3. The molecule has 5 rings (SSSR count). The lowest BCUT2D eigenvalue weighted by Crippen LogP contribution is -2.33. The van der Waals surface area contributed by atoms with Crippen LogP contribution in [0.15, 0.2) is 70.5 Å². The summed E-state index contributed by atoms with van der Waals surface area (Å²) in [4.78, 5) is 0. The largest absolute Gasteiger partial charge is 0.497 e. The van der Waals surface area contributed by atoms with Crippen molar-refractivity contribution in [2.24, 2.45) is 5.10 Å². The third-order valence-corrected chi connectivity index (χ3v) is 5.65. The Hall–Kier alpha value is -2.79. The quantitative estimate of drug-likeness (QED) is 0.658. The predicted octanol–water partition coefficient (Wildman–Crippen LogP) is 5.00. The Balaban J connectivity index is 1.56. The van der Waals surface area contributed by atoms with E-state index in [1.54, 1.807) is 18.4 Å². The van der Waals surface area contributed by atoms with Crippen LogP contribution in [-0.4, -0.2) is 17.8 Å². The van der Waals surface area contributed by atoms with Crippen LogP contribution in [0.25, 0.3) is 0 Å². The van der Waals surface area contributed by atoms with Crippen LogP contribution in [0.5, 0.6) is 11.5 Å². The second-order valence-electron chi connectivity index (χ2n) is 6.44. The lowest BCUT2D eigenvalue weighted by Gasteiger charge is -2.37. The lowest BCUT2D eigenvalue weighted by atomic mass is 9.96. The lowest BCUT2D eigenvalue weighted by molar-refractivity contribution is -0.0187. The molecule has 0 bridgehead atoms. The normalized spacial score (nSPS) is 20.8. The van der Waals surface area contributed by atoms with E-state index in [1.807, 2.05) is 18.2 Å². The van der Waals surface area contributed by atoms with Gasteiger partial charge in [-0.1, -0.05) is 18.2 Å². The van der Waals surface area contributed by atoms with Crippen LogP contribution in [0.1, 0.15) is 35.4 Å². The van der Waals surface area contributed by atoms with Gasteiger partial charge in [-0.3, -0.25) is 0 Å². The van der Waals surface area contributed by atoms with Crippen molar-refractivity contribution in [1.82, 2.24) is 5.01 Å². The third kappa shape index (κ3) is 2.47. The molecule has 4 nitrogen and oxygen atoms in total. The summed E-state index contributed by atoms with van der Waals surface area (Å²) >= 11 is 1.68. The molecular formula is C21H18N2O2S. The Morgan fingerprint density at radius 1 is 1.12 bits per heavy atom. The summed E-state index contributed by atoms with van der Waals surface area (Å²) in [6, 6.07) is 18.7. The first kappa shape index (κ1) is 15.5. The molecule has 0 saturated heterocycles. The Morgan fingerprint density at radius 3 is 2.73 bits per heavy atom. The van der Waals surface area contributed by atoms with Crippen molar-refractivity contribution >= 4 is 17.0 Å². The number of hydrogen-bond donors (Lipinski definition) is 0.